The summed E-state index contributed by atoms with van der Waals surface area (Å²) in [5.74, 6) is 1.80. The van der Waals surface area contributed by atoms with Gasteiger partial charge in [0.25, 0.3) is 0 Å². The van der Waals surface area contributed by atoms with Crippen LogP contribution in [0.2, 0.25) is 0 Å². The van der Waals surface area contributed by atoms with E-state index in [0.29, 0.717) is 0 Å². The average molecular weight is 731 g/mol. The first-order chi connectivity index (χ1) is 25.7. The average Bonchev–Trinajstić information content (AvgIpc) is 3.49. The summed E-state index contributed by atoms with van der Waals surface area (Å²) in [5.41, 5.74) is 14.9. The normalized spacial score (nSPS) is 13.0. The van der Waals surface area contributed by atoms with Crippen LogP contribution in [0.5, 0.6) is 11.5 Å². The van der Waals surface area contributed by atoms with E-state index in [4.69, 9.17) is 4.74 Å². The van der Waals surface area contributed by atoms with Gasteiger partial charge in [0.2, 0.25) is 0 Å². The van der Waals surface area contributed by atoms with Gasteiger partial charge in [-0.15, -0.1) is 0 Å². The highest BCUT2D eigenvalue weighted by Gasteiger charge is 2.51. The summed E-state index contributed by atoms with van der Waals surface area (Å²) >= 11 is 3.58. The van der Waals surface area contributed by atoms with Crippen molar-refractivity contribution in [3.63, 3.8) is 0 Å². The number of halogens is 1. The van der Waals surface area contributed by atoms with Crippen LogP contribution in [0.4, 0.5) is 17.1 Å². The molecule has 1 aliphatic carbocycles. The van der Waals surface area contributed by atoms with E-state index < -0.39 is 5.41 Å². The molecule has 0 radical (unpaired) electrons. The second kappa shape index (κ2) is 12.3. The summed E-state index contributed by atoms with van der Waals surface area (Å²) in [6.45, 7) is 0. The van der Waals surface area contributed by atoms with Crippen LogP contribution in [-0.2, 0) is 5.41 Å². The van der Waals surface area contributed by atoms with Gasteiger partial charge in [0, 0.05) is 32.7 Å². The largest absolute Gasteiger partial charge is 0.457 e. The lowest BCUT2D eigenvalue weighted by molar-refractivity contribution is 0.436. The van der Waals surface area contributed by atoms with Crippen molar-refractivity contribution in [3.8, 4) is 44.9 Å². The predicted molar refractivity (Wildman–Crippen MR) is 217 cm³/mol. The lowest BCUT2D eigenvalue weighted by atomic mass is 9.66. The first-order valence-electron chi connectivity index (χ1n) is 17.6. The van der Waals surface area contributed by atoms with E-state index in [2.05, 4.69) is 215 Å². The highest BCUT2D eigenvalue weighted by atomic mass is 79.9. The maximum Gasteiger partial charge on any atom is 0.132 e. The van der Waals surface area contributed by atoms with Crippen molar-refractivity contribution in [2.45, 2.75) is 5.41 Å². The van der Waals surface area contributed by atoms with Crippen LogP contribution < -0.4 is 9.64 Å². The number of ether oxygens (including phenoxy) is 1. The Hall–Kier alpha value is -6.16. The maximum atomic E-state index is 6.55. The monoisotopic (exact) mass is 729 g/mol. The summed E-state index contributed by atoms with van der Waals surface area (Å²) < 4.78 is 7.62. The highest BCUT2D eigenvalue weighted by molar-refractivity contribution is 9.10. The molecule has 246 valence electrons. The molecule has 0 N–H and O–H groups in total. The van der Waals surface area contributed by atoms with Crippen molar-refractivity contribution in [3.05, 3.63) is 221 Å². The molecule has 2 nitrogen and oxygen atoms in total. The SMILES string of the molecule is Brc1ccc(-c2ccc(N(c3ccc(-c4ccccc4)cc3)c3ccc4c(c3)-c3ccccc3C43c4ccccc4Oc4ccccc43)cc2)cc1. The minimum atomic E-state index is -0.496. The van der Waals surface area contributed by atoms with Crippen molar-refractivity contribution in [2.75, 3.05) is 4.90 Å². The van der Waals surface area contributed by atoms with Gasteiger partial charge in [-0.1, -0.05) is 149 Å². The quantitative estimate of drug-likeness (QED) is 0.175. The number of fused-ring (bicyclic) bond motifs is 9. The van der Waals surface area contributed by atoms with E-state index in [1.54, 1.807) is 0 Å². The van der Waals surface area contributed by atoms with E-state index in [0.717, 1.165) is 33.0 Å². The molecule has 1 heterocycles. The number of rotatable bonds is 5. The lowest BCUT2D eigenvalue weighted by Gasteiger charge is -2.39. The van der Waals surface area contributed by atoms with Crippen LogP contribution in [0.25, 0.3) is 33.4 Å². The molecule has 0 fully saturated rings. The van der Waals surface area contributed by atoms with E-state index >= 15 is 0 Å². The fourth-order valence-electron chi connectivity index (χ4n) is 8.31. The molecule has 8 aromatic rings. The molecule has 0 amide bonds. The Balaban J connectivity index is 1.16. The molecule has 0 bridgehead atoms. The molecule has 8 aromatic carbocycles. The second-order valence-electron chi connectivity index (χ2n) is 13.4. The lowest BCUT2D eigenvalue weighted by Crippen LogP contribution is -2.32. The Morgan fingerprint density at radius 1 is 0.365 bits per heavy atom. The van der Waals surface area contributed by atoms with Gasteiger partial charge in [-0.25, -0.2) is 0 Å². The van der Waals surface area contributed by atoms with Gasteiger partial charge in [0.15, 0.2) is 0 Å². The van der Waals surface area contributed by atoms with Gasteiger partial charge in [0.05, 0.1) is 5.41 Å². The van der Waals surface area contributed by atoms with Gasteiger partial charge in [-0.3, -0.25) is 0 Å². The van der Waals surface area contributed by atoms with Gasteiger partial charge in [0.1, 0.15) is 11.5 Å². The third-order valence-corrected chi connectivity index (χ3v) is 11.2. The zero-order valence-electron chi connectivity index (χ0n) is 28.2. The molecular formula is C49H32BrNO. The molecule has 3 heteroatoms. The molecule has 10 rings (SSSR count). The van der Waals surface area contributed by atoms with Gasteiger partial charge in [-0.2, -0.15) is 0 Å². The molecule has 0 saturated carbocycles. The number of benzene rings is 8. The molecule has 2 aliphatic rings. The van der Waals surface area contributed by atoms with Crippen molar-refractivity contribution in [2.24, 2.45) is 0 Å². The Morgan fingerprint density at radius 2 is 0.808 bits per heavy atom. The number of para-hydroxylation sites is 2. The summed E-state index contributed by atoms with van der Waals surface area (Å²) in [5, 5.41) is 0. The molecule has 0 unspecified atom stereocenters. The summed E-state index contributed by atoms with van der Waals surface area (Å²) in [7, 11) is 0. The van der Waals surface area contributed by atoms with E-state index in [-0.39, 0.29) is 0 Å². The van der Waals surface area contributed by atoms with Crippen LogP contribution in [0.1, 0.15) is 22.3 Å². The van der Waals surface area contributed by atoms with Crippen molar-refractivity contribution in [1.29, 1.82) is 0 Å². The van der Waals surface area contributed by atoms with Crippen molar-refractivity contribution in [1.82, 2.24) is 0 Å². The number of nitrogens with zero attached hydrogens (tertiary/aromatic N) is 1. The number of anilines is 3. The van der Waals surface area contributed by atoms with Gasteiger partial charge in [-0.05, 0) is 105 Å². The fourth-order valence-corrected chi connectivity index (χ4v) is 8.58. The summed E-state index contributed by atoms with van der Waals surface area (Å²) in [4.78, 5) is 2.37. The van der Waals surface area contributed by atoms with Crippen LogP contribution in [0.15, 0.2) is 199 Å². The zero-order valence-corrected chi connectivity index (χ0v) is 29.8. The third-order valence-electron chi connectivity index (χ3n) is 10.6. The molecule has 0 saturated heterocycles. The standard InChI is InChI=1S/C49H32BrNO/c50-37-24-18-34(19-25-37)36-22-28-39(29-23-36)51(38-26-20-35(21-27-38)33-10-2-1-3-11-33)40-30-31-44-42(32-40)41-12-4-5-13-43(41)49(44)45-14-6-8-16-47(45)52-48-17-9-7-15-46(48)49/h1-32H. The molecule has 0 atom stereocenters. The first-order valence-corrected chi connectivity index (χ1v) is 18.4. The highest BCUT2D eigenvalue weighted by Crippen LogP contribution is 2.62. The molecular weight excluding hydrogens is 698 g/mol. The van der Waals surface area contributed by atoms with Crippen LogP contribution in [0, 0.1) is 0 Å². The van der Waals surface area contributed by atoms with Gasteiger partial charge < -0.3 is 9.64 Å². The molecule has 52 heavy (non-hydrogen) atoms. The smallest absolute Gasteiger partial charge is 0.132 e. The van der Waals surface area contributed by atoms with Crippen molar-refractivity contribution < 1.29 is 4.74 Å². The molecule has 1 aliphatic heterocycles. The van der Waals surface area contributed by atoms with E-state index in [9.17, 15) is 0 Å². The van der Waals surface area contributed by atoms with Crippen molar-refractivity contribution >= 4 is 33.0 Å². The third kappa shape index (κ3) is 4.77. The number of hydrogen-bond donors (Lipinski definition) is 0. The fraction of sp³-hybridized carbons (Fsp3) is 0.0204. The maximum absolute atomic E-state index is 6.55. The first kappa shape index (κ1) is 30.6. The Kier molecular flexibility index (Phi) is 7.23. The summed E-state index contributed by atoms with van der Waals surface area (Å²) in [6.07, 6.45) is 0. The second-order valence-corrected chi connectivity index (χ2v) is 14.3. The Morgan fingerprint density at radius 3 is 1.40 bits per heavy atom. The molecule has 0 aromatic heterocycles. The minimum absolute atomic E-state index is 0.496. The van der Waals surface area contributed by atoms with Crippen LogP contribution >= 0.6 is 15.9 Å². The van der Waals surface area contributed by atoms with E-state index in [1.165, 1.54) is 55.6 Å². The van der Waals surface area contributed by atoms with Crippen LogP contribution in [-0.4, -0.2) is 0 Å². The zero-order chi connectivity index (χ0) is 34.6. The van der Waals surface area contributed by atoms with Crippen LogP contribution in [0.3, 0.4) is 0 Å². The molecule has 1 spiro atoms. The summed E-state index contributed by atoms with van der Waals surface area (Å²) in [6, 6.07) is 69.9. The Bertz CT molecular complexity index is 2550. The Labute approximate surface area is 312 Å². The van der Waals surface area contributed by atoms with Gasteiger partial charge >= 0.3 is 0 Å². The number of hydrogen-bond acceptors (Lipinski definition) is 2. The topological polar surface area (TPSA) is 12.5 Å². The minimum Gasteiger partial charge on any atom is -0.457 e. The predicted octanol–water partition coefficient (Wildman–Crippen LogP) is 13.7. The van der Waals surface area contributed by atoms with E-state index in [1.807, 2.05) is 0 Å².